The normalized spacial score (nSPS) is 12.9. The summed E-state index contributed by atoms with van der Waals surface area (Å²) in [6, 6.07) is 0. The van der Waals surface area contributed by atoms with Crippen molar-refractivity contribution >= 4 is 17.9 Å². The lowest BCUT2D eigenvalue weighted by Crippen LogP contribution is -2.30. The molecule has 0 aliphatic carbocycles. The molecule has 0 saturated heterocycles. The van der Waals surface area contributed by atoms with Gasteiger partial charge in [-0.25, -0.2) is 0 Å². The van der Waals surface area contributed by atoms with Gasteiger partial charge in [0.25, 0.3) is 0 Å². The third kappa shape index (κ3) is 43.5. The van der Waals surface area contributed by atoms with Gasteiger partial charge in [0.15, 0.2) is 6.10 Å². The summed E-state index contributed by atoms with van der Waals surface area (Å²) < 4.78 is 16.7. The van der Waals surface area contributed by atoms with Gasteiger partial charge in [-0.05, 0) is 96.3 Å². The highest BCUT2D eigenvalue weighted by Gasteiger charge is 2.19. The first-order valence-electron chi connectivity index (χ1n) is 23.3. The van der Waals surface area contributed by atoms with E-state index < -0.39 is 6.10 Å². The third-order valence-corrected chi connectivity index (χ3v) is 9.40. The third-order valence-electron chi connectivity index (χ3n) is 9.40. The van der Waals surface area contributed by atoms with Crippen LogP contribution in [0.5, 0.6) is 0 Å². The Kier molecular flexibility index (Phi) is 43.1. The van der Waals surface area contributed by atoms with Crippen molar-refractivity contribution < 1.29 is 28.6 Å². The van der Waals surface area contributed by atoms with Crippen molar-refractivity contribution in [3.05, 3.63) is 97.2 Å². The molecule has 0 rings (SSSR count). The Hall–Kier alpha value is -3.67. The van der Waals surface area contributed by atoms with E-state index in [1.54, 1.807) is 0 Å². The number of hydrogen-bond acceptors (Lipinski definition) is 6. The molecule has 1 unspecified atom stereocenters. The molecule has 0 aromatic heterocycles. The summed E-state index contributed by atoms with van der Waals surface area (Å²) in [4.78, 5) is 37.8. The van der Waals surface area contributed by atoms with Gasteiger partial charge < -0.3 is 14.2 Å². The molecule has 58 heavy (non-hydrogen) atoms. The first-order chi connectivity index (χ1) is 28.5. The number of ether oxygens (including phenoxy) is 3. The molecule has 328 valence electrons. The Morgan fingerprint density at radius 3 is 1.33 bits per heavy atom. The number of hydrogen-bond donors (Lipinski definition) is 0. The van der Waals surface area contributed by atoms with E-state index in [4.69, 9.17) is 14.2 Å². The molecule has 0 spiro atoms. The molecular weight excluding hydrogens is 721 g/mol. The second-order valence-electron chi connectivity index (χ2n) is 15.0. The second-order valence-corrected chi connectivity index (χ2v) is 15.0. The second kappa shape index (κ2) is 46.0. The summed E-state index contributed by atoms with van der Waals surface area (Å²) in [5.74, 6) is -0.997. The fraction of sp³-hybridized carbons (Fsp3) is 0.635. The zero-order valence-corrected chi connectivity index (χ0v) is 37.3. The summed E-state index contributed by atoms with van der Waals surface area (Å²) in [6.45, 7) is 6.28. The smallest absolute Gasteiger partial charge is 0.306 e. The summed E-state index contributed by atoms with van der Waals surface area (Å²) in [7, 11) is 0. The van der Waals surface area contributed by atoms with E-state index in [-0.39, 0.29) is 31.1 Å². The van der Waals surface area contributed by atoms with Crippen molar-refractivity contribution in [3.8, 4) is 0 Å². The molecule has 0 amide bonds. The van der Waals surface area contributed by atoms with Crippen LogP contribution in [0, 0.1) is 0 Å². The average molecular weight is 805 g/mol. The first-order valence-corrected chi connectivity index (χ1v) is 23.3. The summed E-state index contributed by atoms with van der Waals surface area (Å²) >= 11 is 0. The maximum absolute atomic E-state index is 12.7. The minimum absolute atomic E-state index is 0.110. The number of carbonyl (C=O) groups excluding carboxylic acids is 3. The molecule has 0 N–H and O–H groups in total. The Balaban J connectivity index is 4.52. The van der Waals surface area contributed by atoms with Gasteiger partial charge in [-0.1, -0.05) is 176 Å². The minimum Gasteiger partial charge on any atom is -0.462 e. The highest BCUT2D eigenvalue weighted by Crippen LogP contribution is 2.12. The number of esters is 3. The lowest BCUT2D eigenvalue weighted by molar-refractivity contribution is -0.167. The largest absolute Gasteiger partial charge is 0.462 e. The molecule has 0 fully saturated rings. The molecule has 0 saturated carbocycles. The van der Waals surface area contributed by atoms with Crippen LogP contribution in [0.15, 0.2) is 97.2 Å². The van der Waals surface area contributed by atoms with Crippen molar-refractivity contribution in [2.24, 2.45) is 0 Å². The maximum Gasteiger partial charge on any atom is 0.306 e. The molecular formula is C52H84O6. The number of carbonyl (C=O) groups is 3. The van der Waals surface area contributed by atoms with Gasteiger partial charge >= 0.3 is 17.9 Å². The molecule has 0 heterocycles. The van der Waals surface area contributed by atoms with Crippen LogP contribution in [0.25, 0.3) is 0 Å². The molecule has 6 nitrogen and oxygen atoms in total. The van der Waals surface area contributed by atoms with Crippen LogP contribution < -0.4 is 0 Å². The van der Waals surface area contributed by atoms with Crippen LogP contribution in [0.4, 0.5) is 0 Å². The van der Waals surface area contributed by atoms with Crippen LogP contribution in [0.2, 0.25) is 0 Å². The van der Waals surface area contributed by atoms with Crippen LogP contribution in [0.3, 0.4) is 0 Å². The number of rotatable bonds is 40. The molecule has 1 atom stereocenters. The monoisotopic (exact) mass is 805 g/mol. The topological polar surface area (TPSA) is 78.9 Å². The molecule has 0 aromatic carbocycles. The lowest BCUT2D eigenvalue weighted by Gasteiger charge is -2.18. The van der Waals surface area contributed by atoms with Crippen molar-refractivity contribution in [3.63, 3.8) is 0 Å². The van der Waals surface area contributed by atoms with E-state index in [0.717, 1.165) is 116 Å². The van der Waals surface area contributed by atoms with Gasteiger partial charge in [-0.2, -0.15) is 0 Å². The highest BCUT2D eigenvalue weighted by atomic mass is 16.6. The van der Waals surface area contributed by atoms with Gasteiger partial charge in [0, 0.05) is 19.3 Å². The summed E-state index contributed by atoms with van der Waals surface area (Å²) in [5, 5.41) is 0. The van der Waals surface area contributed by atoms with Crippen molar-refractivity contribution in [1.29, 1.82) is 0 Å². The number of allylic oxidation sites excluding steroid dienone is 16. The van der Waals surface area contributed by atoms with Crippen LogP contribution in [-0.4, -0.2) is 37.2 Å². The van der Waals surface area contributed by atoms with Gasteiger partial charge in [-0.3, -0.25) is 14.4 Å². The Bertz CT molecular complexity index is 1200. The minimum atomic E-state index is -0.810. The van der Waals surface area contributed by atoms with Crippen molar-refractivity contribution in [1.82, 2.24) is 0 Å². The van der Waals surface area contributed by atoms with E-state index >= 15 is 0 Å². The molecule has 0 radical (unpaired) electrons. The Morgan fingerprint density at radius 2 is 0.759 bits per heavy atom. The first kappa shape index (κ1) is 54.3. The SMILES string of the molecule is CC\C=C/C=C\C=C/C=C\CCCCCCCC(=O)OCC(COC(=O)CCCC/C=C\C/C=C\C/C=C\CC)OC(=O)CCCCC/C=C\CCCCCCCC. The van der Waals surface area contributed by atoms with Gasteiger partial charge in [0.05, 0.1) is 0 Å². The Morgan fingerprint density at radius 1 is 0.379 bits per heavy atom. The van der Waals surface area contributed by atoms with Gasteiger partial charge in [-0.15, -0.1) is 0 Å². The number of unbranched alkanes of at least 4 members (excludes halogenated alkanes) is 16. The maximum atomic E-state index is 12.7. The van der Waals surface area contributed by atoms with Crippen LogP contribution in [0.1, 0.15) is 194 Å². The van der Waals surface area contributed by atoms with Gasteiger partial charge in [0.1, 0.15) is 13.2 Å². The van der Waals surface area contributed by atoms with E-state index in [2.05, 4.69) is 93.7 Å². The molecule has 0 aliphatic rings. The summed E-state index contributed by atoms with van der Waals surface area (Å²) in [5.41, 5.74) is 0. The predicted octanol–water partition coefficient (Wildman–Crippen LogP) is 15.0. The fourth-order valence-electron chi connectivity index (χ4n) is 5.93. The van der Waals surface area contributed by atoms with E-state index in [0.29, 0.717) is 19.3 Å². The molecule has 0 aromatic rings. The quantitative estimate of drug-likeness (QED) is 0.0202. The van der Waals surface area contributed by atoms with Crippen LogP contribution in [-0.2, 0) is 28.6 Å². The van der Waals surface area contributed by atoms with Crippen LogP contribution >= 0.6 is 0 Å². The van der Waals surface area contributed by atoms with E-state index in [1.807, 2.05) is 24.3 Å². The van der Waals surface area contributed by atoms with Crippen molar-refractivity contribution in [2.75, 3.05) is 13.2 Å². The van der Waals surface area contributed by atoms with E-state index in [1.165, 1.54) is 38.5 Å². The lowest BCUT2D eigenvalue weighted by atomic mass is 10.1. The standard InChI is InChI=1S/C52H84O6/c1-4-7-10-13-16-19-22-25-26-28-30-33-36-39-42-45-51(54)57-48-49(47-56-50(53)44-41-38-35-32-29-24-21-18-15-12-9-6-3)58-52(55)46-43-40-37-34-31-27-23-20-17-14-11-8-5-2/h7,9-10,12-13,16,18-19,21-22,25-27,29,31-32,49H,4-6,8,11,14-15,17,20,23-24,28,30,33-48H2,1-3H3/b10-7-,12-9-,16-13-,21-18-,22-19-,26-25-,31-27-,32-29-. The van der Waals surface area contributed by atoms with E-state index in [9.17, 15) is 14.4 Å². The average Bonchev–Trinajstić information content (AvgIpc) is 3.22. The van der Waals surface area contributed by atoms with Crippen molar-refractivity contribution in [2.45, 2.75) is 200 Å². The predicted molar refractivity (Wildman–Crippen MR) is 247 cm³/mol. The zero-order valence-electron chi connectivity index (χ0n) is 37.3. The molecule has 6 heteroatoms. The summed E-state index contributed by atoms with van der Waals surface area (Å²) in [6.07, 6.45) is 59.6. The van der Waals surface area contributed by atoms with Gasteiger partial charge in [0.2, 0.25) is 0 Å². The zero-order chi connectivity index (χ0) is 42.3. The highest BCUT2D eigenvalue weighted by molar-refractivity contribution is 5.71. The fourth-order valence-corrected chi connectivity index (χ4v) is 5.93. The molecule has 0 aliphatic heterocycles. The molecule has 0 bridgehead atoms. The Labute approximate surface area is 356 Å².